The highest BCUT2D eigenvalue weighted by Crippen LogP contribution is 2.29. The average Bonchev–Trinajstić information content (AvgIpc) is 2.84. The van der Waals surface area contributed by atoms with Gasteiger partial charge in [0, 0.05) is 12.6 Å². The lowest BCUT2D eigenvalue weighted by Gasteiger charge is -2.11. The van der Waals surface area contributed by atoms with Crippen molar-refractivity contribution in [3.8, 4) is 0 Å². The van der Waals surface area contributed by atoms with Gasteiger partial charge in [-0.05, 0) is 17.5 Å². The van der Waals surface area contributed by atoms with Gasteiger partial charge in [-0.2, -0.15) is 18.3 Å². The summed E-state index contributed by atoms with van der Waals surface area (Å²) >= 11 is 0. The summed E-state index contributed by atoms with van der Waals surface area (Å²) in [6.45, 7) is 4.69. The maximum atomic E-state index is 12.7. The van der Waals surface area contributed by atoms with Crippen LogP contribution >= 0.6 is 0 Å². The standard InChI is InChI=1S/C16H18F3N3O/c1-11(2)10-22-14(6-7-20-22)21-15(23)9-12-4-3-5-13(8-12)16(17,18)19/h3-8,11H,9-10H2,1-2H3,(H,21,23). The van der Waals surface area contributed by atoms with Crippen molar-refractivity contribution >= 4 is 11.7 Å². The Morgan fingerprint density at radius 3 is 2.70 bits per heavy atom. The molecule has 7 heteroatoms. The first-order valence-electron chi connectivity index (χ1n) is 7.23. The Balaban J connectivity index is 2.04. The molecule has 1 heterocycles. The van der Waals surface area contributed by atoms with Crippen molar-refractivity contribution in [2.75, 3.05) is 5.32 Å². The van der Waals surface area contributed by atoms with E-state index in [0.29, 0.717) is 23.8 Å². The van der Waals surface area contributed by atoms with E-state index in [-0.39, 0.29) is 12.3 Å². The predicted octanol–water partition coefficient (Wildman–Crippen LogP) is 3.74. The van der Waals surface area contributed by atoms with Crippen molar-refractivity contribution < 1.29 is 18.0 Å². The largest absolute Gasteiger partial charge is 0.416 e. The number of halogens is 3. The zero-order chi connectivity index (χ0) is 17.0. The van der Waals surface area contributed by atoms with Crippen LogP contribution in [0.1, 0.15) is 25.0 Å². The fourth-order valence-electron chi connectivity index (χ4n) is 2.16. The highest BCUT2D eigenvalue weighted by molar-refractivity contribution is 5.91. The van der Waals surface area contributed by atoms with Gasteiger partial charge in [-0.25, -0.2) is 4.68 Å². The van der Waals surface area contributed by atoms with Crippen molar-refractivity contribution in [3.05, 3.63) is 47.7 Å². The highest BCUT2D eigenvalue weighted by atomic mass is 19.4. The quantitative estimate of drug-likeness (QED) is 0.910. The van der Waals surface area contributed by atoms with Crippen molar-refractivity contribution in [3.63, 3.8) is 0 Å². The second kappa shape index (κ2) is 6.85. The van der Waals surface area contributed by atoms with Gasteiger partial charge in [0.1, 0.15) is 5.82 Å². The van der Waals surface area contributed by atoms with Crippen molar-refractivity contribution in [2.45, 2.75) is 33.0 Å². The Hall–Kier alpha value is -2.31. The molecule has 0 aliphatic rings. The van der Waals surface area contributed by atoms with E-state index in [2.05, 4.69) is 10.4 Å². The molecule has 0 fully saturated rings. The molecule has 23 heavy (non-hydrogen) atoms. The number of benzene rings is 1. The summed E-state index contributed by atoms with van der Waals surface area (Å²) in [5, 5.41) is 6.80. The van der Waals surface area contributed by atoms with E-state index in [1.807, 2.05) is 13.8 Å². The Morgan fingerprint density at radius 1 is 1.30 bits per heavy atom. The molecular weight excluding hydrogens is 307 g/mol. The summed E-state index contributed by atoms with van der Waals surface area (Å²) < 4.78 is 39.7. The van der Waals surface area contributed by atoms with Crippen LogP contribution in [0.4, 0.5) is 19.0 Å². The first-order chi connectivity index (χ1) is 10.8. The third-order valence-electron chi connectivity index (χ3n) is 3.14. The molecule has 124 valence electrons. The summed E-state index contributed by atoms with van der Waals surface area (Å²) in [6.07, 6.45) is -2.97. The van der Waals surface area contributed by atoms with Gasteiger partial charge in [-0.15, -0.1) is 0 Å². The molecule has 0 radical (unpaired) electrons. The molecule has 0 unspecified atom stereocenters. The number of hydrogen-bond acceptors (Lipinski definition) is 2. The number of carbonyl (C=O) groups excluding carboxylic acids is 1. The zero-order valence-electron chi connectivity index (χ0n) is 12.9. The van der Waals surface area contributed by atoms with Crippen molar-refractivity contribution in [1.82, 2.24) is 9.78 Å². The van der Waals surface area contributed by atoms with E-state index in [0.717, 1.165) is 12.1 Å². The minimum Gasteiger partial charge on any atom is -0.311 e. The monoisotopic (exact) mass is 325 g/mol. The van der Waals surface area contributed by atoms with Crippen LogP contribution in [-0.4, -0.2) is 15.7 Å². The summed E-state index contributed by atoms with van der Waals surface area (Å²) in [5.41, 5.74) is -0.445. The van der Waals surface area contributed by atoms with Gasteiger partial charge >= 0.3 is 6.18 Å². The molecule has 1 N–H and O–H groups in total. The molecule has 4 nitrogen and oxygen atoms in total. The first-order valence-corrected chi connectivity index (χ1v) is 7.23. The lowest BCUT2D eigenvalue weighted by Crippen LogP contribution is -2.19. The van der Waals surface area contributed by atoms with Crippen molar-refractivity contribution in [1.29, 1.82) is 0 Å². The van der Waals surface area contributed by atoms with Gasteiger partial charge in [-0.1, -0.05) is 32.0 Å². The summed E-state index contributed by atoms with van der Waals surface area (Å²) in [7, 11) is 0. The summed E-state index contributed by atoms with van der Waals surface area (Å²) in [4.78, 5) is 12.0. The second-order valence-electron chi connectivity index (χ2n) is 5.72. The fourth-order valence-corrected chi connectivity index (χ4v) is 2.16. The normalized spacial score (nSPS) is 11.7. The topological polar surface area (TPSA) is 46.9 Å². The molecule has 0 atom stereocenters. The number of alkyl halides is 3. The molecule has 0 saturated carbocycles. The van der Waals surface area contributed by atoms with E-state index < -0.39 is 11.7 Å². The van der Waals surface area contributed by atoms with Gasteiger partial charge < -0.3 is 5.32 Å². The molecule has 2 aromatic rings. The number of nitrogens with one attached hydrogen (secondary N) is 1. The van der Waals surface area contributed by atoms with Gasteiger partial charge in [0.2, 0.25) is 5.91 Å². The van der Waals surface area contributed by atoms with Crippen LogP contribution in [-0.2, 0) is 23.9 Å². The molecule has 0 spiro atoms. The van der Waals surface area contributed by atoms with Crippen LogP contribution in [0, 0.1) is 5.92 Å². The lowest BCUT2D eigenvalue weighted by atomic mass is 10.1. The van der Waals surface area contributed by atoms with Crippen LogP contribution in [0.2, 0.25) is 0 Å². The molecule has 2 rings (SSSR count). The lowest BCUT2D eigenvalue weighted by molar-refractivity contribution is -0.137. The van der Waals surface area contributed by atoms with E-state index in [1.165, 1.54) is 12.1 Å². The maximum absolute atomic E-state index is 12.7. The SMILES string of the molecule is CC(C)Cn1nccc1NC(=O)Cc1cccc(C(F)(F)F)c1. The van der Waals surface area contributed by atoms with Crippen LogP contribution in [0.25, 0.3) is 0 Å². The summed E-state index contributed by atoms with van der Waals surface area (Å²) in [6, 6.07) is 6.44. The molecule has 0 bridgehead atoms. The van der Waals surface area contributed by atoms with Crippen LogP contribution < -0.4 is 5.32 Å². The smallest absolute Gasteiger partial charge is 0.311 e. The zero-order valence-corrected chi connectivity index (χ0v) is 12.9. The third kappa shape index (κ3) is 4.84. The van der Waals surface area contributed by atoms with Gasteiger partial charge in [0.15, 0.2) is 0 Å². The van der Waals surface area contributed by atoms with Crippen LogP contribution in [0.3, 0.4) is 0 Å². The minimum atomic E-state index is -4.41. The number of aromatic nitrogens is 2. The van der Waals surface area contributed by atoms with Gasteiger partial charge in [-0.3, -0.25) is 4.79 Å². The second-order valence-corrected chi connectivity index (χ2v) is 5.72. The first kappa shape index (κ1) is 17.1. The van der Waals surface area contributed by atoms with Crippen LogP contribution in [0.5, 0.6) is 0 Å². The number of anilines is 1. The molecule has 0 saturated heterocycles. The molecule has 1 aromatic heterocycles. The molecule has 0 aliphatic carbocycles. The van der Waals surface area contributed by atoms with E-state index >= 15 is 0 Å². The Bertz CT molecular complexity index is 677. The third-order valence-corrected chi connectivity index (χ3v) is 3.14. The van der Waals surface area contributed by atoms with E-state index in [9.17, 15) is 18.0 Å². The Kier molecular flexibility index (Phi) is 5.08. The summed E-state index contributed by atoms with van der Waals surface area (Å²) in [5.74, 6) is 0.513. The van der Waals surface area contributed by atoms with Crippen LogP contribution in [0.15, 0.2) is 36.5 Å². The number of carbonyl (C=O) groups is 1. The molecule has 0 aliphatic heterocycles. The van der Waals surface area contributed by atoms with E-state index in [4.69, 9.17) is 0 Å². The molecule has 1 amide bonds. The number of rotatable bonds is 5. The number of hydrogen-bond donors (Lipinski definition) is 1. The maximum Gasteiger partial charge on any atom is 0.416 e. The van der Waals surface area contributed by atoms with Gasteiger partial charge in [0.25, 0.3) is 0 Å². The number of nitrogens with zero attached hydrogens (tertiary/aromatic N) is 2. The van der Waals surface area contributed by atoms with Gasteiger partial charge in [0.05, 0.1) is 18.2 Å². The molecular formula is C16H18F3N3O. The van der Waals surface area contributed by atoms with Crippen molar-refractivity contribution in [2.24, 2.45) is 5.92 Å². The molecule has 1 aromatic carbocycles. The van der Waals surface area contributed by atoms with E-state index in [1.54, 1.807) is 16.9 Å². The predicted molar refractivity (Wildman–Crippen MR) is 80.8 cm³/mol. The average molecular weight is 325 g/mol. The Labute approximate surface area is 132 Å². The number of amides is 1. The fraction of sp³-hybridized carbons (Fsp3) is 0.375. The minimum absolute atomic E-state index is 0.128. The highest BCUT2D eigenvalue weighted by Gasteiger charge is 2.30. The Morgan fingerprint density at radius 2 is 2.04 bits per heavy atom.